The summed E-state index contributed by atoms with van der Waals surface area (Å²) in [5.41, 5.74) is 1.07. The molecule has 1 aliphatic heterocycles. The zero-order chi connectivity index (χ0) is 28.2. The van der Waals surface area contributed by atoms with E-state index < -0.39 is 11.6 Å². The largest absolute Gasteiger partial charge is 0.465 e. The molecule has 1 saturated heterocycles. The predicted molar refractivity (Wildman–Crippen MR) is 155 cm³/mol. The van der Waals surface area contributed by atoms with Crippen molar-refractivity contribution in [2.45, 2.75) is 58.1 Å². The monoisotopic (exact) mass is 539 g/mol. The number of carbonyl (C=O) groups is 2. The van der Waals surface area contributed by atoms with Crippen molar-refractivity contribution in [2.24, 2.45) is 11.8 Å². The van der Waals surface area contributed by atoms with E-state index in [9.17, 15) is 14.7 Å². The summed E-state index contributed by atoms with van der Waals surface area (Å²) in [6, 6.07) is 9.72. The number of hydrogen-bond donors (Lipinski definition) is 2. The number of benzene rings is 1. The lowest BCUT2D eigenvalue weighted by atomic mass is 9.81. The molecule has 9 nitrogen and oxygen atoms in total. The number of likely N-dealkylation sites (N-methyl/N-ethyl adjacent to an activating group) is 1. The number of nitrogens with zero attached hydrogens (tertiary/aromatic N) is 4. The number of aromatic nitrogens is 1. The second-order valence-corrected chi connectivity index (χ2v) is 12.4. The van der Waals surface area contributed by atoms with Crippen LogP contribution in [-0.4, -0.2) is 97.0 Å². The number of carbonyl (C=O) groups excluding carboxylic acids is 1. The molecule has 0 radical (unpaired) electrons. The number of nitrogens with one attached hydrogen (secondary N) is 1. The molecule has 0 unspecified atom stereocenters. The molecule has 1 saturated carbocycles. The molecule has 2 N–H and O–H groups in total. The van der Waals surface area contributed by atoms with Crippen LogP contribution < -0.4 is 10.2 Å². The van der Waals surface area contributed by atoms with Crippen molar-refractivity contribution >= 4 is 28.7 Å². The van der Waals surface area contributed by atoms with Crippen LogP contribution in [0.15, 0.2) is 30.3 Å². The van der Waals surface area contributed by atoms with E-state index in [1.807, 2.05) is 65.2 Å². The standard InChI is InChI=1S/C30H45N5O4/c1-30(2,3)35(29(37)38)18-22-12-10-21(11-13-22)17-31-28(36)25-16-27(32-26-9-7-6-8-24(25)26)34-19-23(20-34)39-15-14-33(4)5/h6-9,16,21-23H,10-15,17-20H2,1-5H3,(H,31,36)(H,37,38). The second kappa shape index (κ2) is 12.5. The molecule has 1 aromatic heterocycles. The summed E-state index contributed by atoms with van der Waals surface area (Å²) < 4.78 is 5.95. The second-order valence-electron chi connectivity index (χ2n) is 12.4. The molecule has 2 aliphatic rings. The Labute approximate surface area is 232 Å². The van der Waals surface area contributed by atoms with Crippen molar-refractivity contribution in [1.29, 1.82) is 0 Å². The Kier molecular flexibility index (Phi) is 9.33. The molecule has 0 atom stereocenters. The van der Waals surface area contributed by atoms with Crippen LogP contribution in [0.25, 0.3) is 10.9 Å². The van der Waals surface area contributed by atoms with Gasteiger partial charge in [-0.1, -0.05) is 18.2 Å². The Balaban J connectivity index is 1.32. The van der Waals surface area contributed by atoms with E-state index in [0.29, 0.717) is 37.1 Å². The third-order valence-electron chi connectivity index (χ3n) is 8.01. The highest BCUT2D eigenvalue weighted by molar-refractivity contribution is 6.07. The van der Waals surface area contributed by atoms with Gasteiger partial charge in [0.1, 0.15) is 5.82 Å². The quantitative estimate of drug-likeness (QED) is 0.464. The Morgan fingerprint density at radius 1 is 1.10 bits per heavy atom. The number of para-hydroxylation sites is 1. The van der Waals surface area contributed by atoms with Crippen molar-refractivity contribution in [3.63, 3.8) is 0 Å². The van der Waals surface area contributed by atoms with Crippen molar-refractivity contribution in [2.75, 3.05) is 58.3 Å². The zero-order valence-electron chi connectivity index (χ0n) is 24.2. The third-order valence-corrected chi connectivity index (χ3v) is 8.01. The summed E-state index contributed by atoms with van der Waals surface area (Å²) in [4.78, 5) is 35.8. The first-order valence-electron chi connectivity index (χ1n) is 14.2. The average molecular weight is 540 g/mol. The topological polar surface area (TPSA) is 98.2 Å². The molecule has 214 valence electrons. The Hall–Kier alpha value is -2.91. The minimum Gasteiger partial charge on any atom is -0.465 e. The maximum absolute atomic E-state index is 13.4. The molecular weight excluding hydrogens is 494 g/mol. The molecule has 4 rings (SSSR count). The molecule has 2 amide bonds. The number of anilines is 1. The molecule has 2 fully saturated rings. The number of amides is 2. The van der Waals surface area contributed by atoms with Crippen LogP contribution in [0.4, 0.5) is 10.6 Å². The van der Waals surface area contributed by atoms with Gasteiger partial charge in [0.25, 0.3) is 5.91 Å². The van der Waals surface area contributed by atoms with Crippen molar-refractivity contribution in [3.8, 4) is 0 Å². The van der Waals surface area contributed by atoms with Gasteiger partial charge < -0.3 is 29.9 Å². The molecule has 1 aromatic carbocycles. The van der Waals surface area contributed by atoms with Crippen molar-refractivity contribution in [3.05, 3.63) is 35.9 Å². The first kappa shape index (κ1) is 29.1. The van der Waals surface area contributed by atoms with E-state index in [1.165, 1.54) is 0 Å². The first-order valence-corrected chi connectivity index (χ1v) is 14.2. The molecule has 2 aromatic rings. The summed E-state index contributed by atoms with van der Waals surface area (Å²) in [5.74, 6) is 1.52. The minimum absolute atomic E-state index is 0.0685. The summed E-state index contributed by atoms with van der Waals surface area (Å²) in [6.45, 7) is 10.2. The summed E-state index contributed by atoms with van der Waals surface area (Å²) in [5, 5.41) is 13.7. The van der Waals surface area contributed by atoms with Crippen LogP contribution in [0.1, 0.15) is 56.8 Å². The lowest BCUT2D eigenvalue weighted by Crippen LogP contribution is -2.53. The predicted octanol–water partition coefficient (Wildman–Crippen LogP) is 4.32. The highest BCUT2D eigenvalue weighted by Gasteiger charge is 2.32. The molecule has 0 spiro atoms. The summed E-state index contributed by atoms with van der Waals surface area (Å²) in [7, 11) is 4.08. The lowest BCUT2D eigenvalue weighted by Gasteiger charge is -2.40. The van der Waals surface area contributed by atoms with Gasteiger partial charge in [-0.25, -0.2) is 9.78 Å². The molecule has 9 heteroatoms. The van der Waals surface area contributed by atoms with Gasteiger partial charge in [-0.3, -0.25) is 4.79 Å². The van der Waals surface area contributed by atoms with E-state index >= 15 is 0 Å². The van der Waals surface area contributed by atoms with E-state index in [-0.39, 0.29) is 12.0 Å². The summed E-state index contributed by atoms with van der Waals surface area (Å²) in [6.07, 6.45) is 3.29. The number of hydrogen-bond acceptors (Lipinski definition) is 6. The highest BCUT2D eigenvalue weighted by atomic mass is 16.5. The maximum Gasteiger partial charge on any atom is 0.407 e. The van der Waals surface area contributed by atoms with Gasteiger partial charge in [-0.05, 0) is 84.5 Å². The number of rotatable bonds is 10. The van der Waals surface area contributed by atoms with Crippen LogP contribution in [0, 0.1) is 11.8 Å². The number of ether oxygens (including phenoxy) is 1. The fraction of sp³-hybridized carbons (Fsp3) is 0.633. The SMILES string of the molecule is CN(C)CCOC1CN(c2cc(C(=O)NCC3CCC(CN(C(=O)O)C(C)(C)C)CC3)c3ccccc3n2)C1. The van der Waals surface area contributed by atoms with E-state index in [1.54, 1.807) is 4.90 Å². The van der Waals surface area contributed by atoms with Gasteiger partial charge >= 0.3 is 6.09 Å². The summed E-state index contributed by atoms with van der Waals surface area (Å²) >= 11 is 0. The fourth-order valence-electron chi connectivity index (χ4n) is 5.49. The van der Waals surface area contributed by atoms with Crippen LogP contribution in [0.2, 0.25) is 0 Å². The lowest BCUT2D eigenvalue weighted by molar-refractivity contribution is 0.0265. The van der Waals surface area contributed by atoms with Gasteiger partial charge in [-0.2, -0.15) is 0 Å². The third kappa shape index (κ3) is 7.60. The Morgan fingerprint density at radius 2 is 1.77 bits per heavy atom. The number of pyridine rings is 1. The van der Waals surface area contributed by atoms with E-state index in [4.69, 9.17) is 9.72 Å². The van der Waals surface area contributed by atoms with Crippen LogP contribution in [0.5, 0.6) is 0 Å². The molecule has 39 heavy (non-hydrogen) atoms. The van der Waals surface area contributed by atoms with Gasteiger partial charge in [-0.15, -0.1) is 0 Å². The molecular formula is C30H45N5O4. The highest BCUT2D eigenvalue weighted by Crippen LogP contribution is 2.31. The van der Waals surface area contributed by atoms with Gasteiger partial charge in [0, 0.05) is 43.6 Å². The zero-order valence-corrected chi connectivity index (χ0v) is 24.2. The average Bonchev–Trinajstić information content (AvgIpc) is 2.86. The van der Waals surface area contributed by atoms with Crippen LogP contribution in [-0.2, 0) is 4.74 Å². The van der Waals surface area contributed by atoms with Crippen LogP contribution >= 0.6 is 0 Å². The smallest absolute Gasteiger partial charge is 0.407 e. The first-order chi connectivity index (χ1) is 18.5. The van der Waals surface area contributed by atoms with Gasteiger partial charge in [0.15, 0.2) is 0 Å². The van der Waals surface area contributed by atoms with Crippen molar-refractivity contribution < 1.29 is 19.4 Å². The fourth-order valence-corrected chi connectivity index (χ4v) is 5.49. The van der Waals surface area contributed by atoms with Gasteiger partial charge in [0.05, 0.1) is 23.8 Å². The Bertz CT molecular complexity index is 1130. The Morgan fingerprint density at radius 3 is 2.41 bits per heavy atom. The minimum atomic E-state index is -0.855. The molecule has 1 aliphatic carbocycles. The normalized spacial score (nSPS) is 20.2. The van der Waals surface area contributed by atoms with Crippen LogP contribution in [0.3, 0.4) is 0 Å². The van der Waals surface area contributed by atoms with E-state index in [0.717, 1.165) is 62.0 Å². The maximum atomic E-state index is 13.4. The number of fused-ring (bicyclic) bond motifs is 1. The van der Waals surface area contributed by atoms with Gasteiger partial charge in [0.2, 0.25) is 0 Å². The molecule has 2 heterocycles. The number of carboxylic acid groups (broad SMARTS) is 1. The van der Waals surface area contributed by atoms with Crippen molar-refractivity contribution in [1.82, 2.24) is 20.1 Å². The molecule has 0 bridgehead atoms. The van der Waals surface area contributed by atoms with E-state index in [2.05, 4.69) is 15.1 Å².